The predicted molar refractivity (Wildman–Crippen MR) is 134 cm³/mol. The number of benzene rings is 2. The van der Waals surface area contributed by atoms with Crippen molar-refractivity contribution in [2.24, 2.45) is 0 Å². The highest BCUT2D eigenvalue weighted by Gasteiger charge is 2.23. The molecule has 2 aromatic carbocycles. The van der Waals surface area contributed by atoms with E-state index in [2.05, 4.69) is 10.1 Å². The number of amides is 1. The summed E-state index contributed by atoms with van der Waals surface area (Å²) in [7, 11) is 0. The Balaban J connectivity index is 1.54. The molecule has 0 aliphatic heterocycles. The van der Waals surface area contributed by atoms with E-state index in [1.807, 2.05) is 67.9 Å². The van der Waals surface area contributed by atoms with E-state index in [1.165, 1.54) is 22.7 Å². The topological polar surface area (TPSA) is 73.1 Å². The number of hydrogen-bond donors (Lipinski definition) is 0. The fraction of sp³-hybridized carbons (Fsp3) is 0.250. The average molecular weight is 478 g/mol. The highest BCUT2D eigenvalue weighted by molar-refractivity contribution is 7.22. The summed E-state index contributed by atoms with van der Waals surface area (Å²) in [5, 5.41) is 5.20. The quantitative estimate of drug-likeness (QED) is 0.311. The fourth-order valence-electron chi connectivity index (χ4n) is 3.82. The van der Waals surface area contributed by atoms with Gasteiger partial charge in [-0.25, -0.2) is 9.97 Å². The molecule has 7 nitrogen and oxygen atoms in total. The van der Waals surface area contributed by atoms with Gasteiger partial charge in [-0.05, 0) is 57.2 Å². The summed E-state index contributed by atoms with van der Waals surface area (Å²) in [4.78, 5) is 24.6. The number of carbonyl (C=O) groups excluding carboxylic acids is 1. The van der Waals surface area contributed by atoms with Gasteiger partial charge in [0.1, 0.15) is 11.3 Å². The summed E-state index contributed by atoms with van der Waals surface area (Å²) in [5.74, 6) is 0.637. The van der Waals surface area contributed by atoms with E-state index in [4.69, 9.17) is 9.72 Å². The number of aromatic nitrogens is 4. The Morgan fingerprint density at radius 1 is 1.15 bits per heavy atom. The molecular weight excluding hydrogens is 454 g/mol. The second-order valence-corrected chi connectivity index (χ2v) is 9.57. The van der Waals surface area contributed by atoms with Gasteiger partial charge in [-0.3, -0.25) is 14.4 Å². The van der Waals surface area contributed by atoms with Crippen molar-refractivity contribution in [2.45, 2.75) is 27.3 Å². The first kappa shape index (κ1) is 21.5. The molecule has 1 amide bonds. The van der Waals surface area contributed by atoms with E-state index in [1.54, 1.807) is 10.4 Å². The van der Waals surface area contributed by atoms with Crippen molar-refractivity contribution in [3.05, 3.63) is 64.9 Å². The lowest BCUT2D eigenvalue weighted by molar-refractivity contribution is 0.0986. The summed E-state index contributed by atoms with van der Waals surface area (Å²) in [5.41, 5.74) is 6.11. The van der Waals surface area contributed by atoms with Crippen LogP contribution >= 0.6 is 22.7 Å². The molecule has 5 aromatic rings. The van der Waals surface area contributed by atoms with Gasteiger partial charge in [0.2, 0.25) is 0 Å². The second kappa shape index (κ2) is 8.92. The maximum Gasteiger partial charge on any atom is 0.260 e. The van der Waals surface area contributed by atoms with Crippen LogP contribution in [0, 0.1) is 13.8 Å². The molecule has 0 atom stereocenters. The lowest BCUT2D eigenvalue weighted by Gasteiger charge is -2.20. The Hall–Kier alpha value is -3.30. The first-order valence-electron chi connectivity index (χ1n) is 10.7. The molecule has 3 aromatic heterocycles. The standard InChI is InChI=1S/C24H23N5O2S2/c1-4-31-19-6-5-7-20-22(19)26-24(33-20)28(10-11-29-16(3)12-15(2)27-29)23(30)17-8-9-18-21(13-17)32-14-25-18/h5-9,12-14H,4,10-11H2,1-3H3. The summed E-state index contributed by atoms with van der Waals surface area (Å²) in [6, 6.07) is 13.5. The molecule has 33 heavy (non-hydrogen) atoms. The van der Waals surface area contributed by atoms with Crippen LogP contribution in [0.5, 0.6) is 5.75 Å². The van der Waals surface area contributed by atoms with Gasteiger partial charge in [0.05, 0.1) is 39.3 Å². The van der Waals surface area contributed by atoms with E-state index in [0.29, 0.717) is 30.4 Å². The second-order valence-electron chi connectivity index (χ2n) is 7.67. The molecular formula is C24H23N5O2S2. The first-order chi connectivity index (χ1) is 16.0. The van der Waals surface area contributed by atoms with Gasteiger partial charge in [0.25, 0.3) is 5.91 Å². The van der Waals surface area contributed by atoms with Crippen LogP contribution in [0.15, 0.2) is 48.0 Å². The van der Waals surface area contributed by atoms with Gasteiger partial charge in [0, 0.05) is 17.8 Å². The van der Waals surface area contributed by atoms with E-state index in [0.717, 1.165) is 37.6 Å². The van der Waals surface area contributed by atoms with Crippen LogP contribution in [-0.4, -0.2) is 38.8 Å². The van der Waals surface area contributed by atoms with E-state index < -0.39 is 0 Å². The predicted octanol–water partition coefficient (Wildman–Crippen LogP) is 5.47. The van der Waals surface area contributed by atoms with Crippen molar-refractivity contribution in [1.82, 2.24) is 19.7 Å². The molecule has 0 spiro atoms. The van der Waals surface area contributed by atoms with Crippen LogP contribution in [0.1, 0.15) is 28.7 Å². The molecule has 0 saturated carbocycles. The zero-order valence-electron chi connectivity index (χ0n) is 18.6. The third-order valence-corrected chi connectivity index (χ3v) is 7.20. The lowest BCUT2D eigenvalue weighted by Crippen LogP contribution is -2.34. The van der Waals surface area contributed by atoms with Gasteiger partial charge in [0.15, 0.2) is 5.13 Å². The number of thiazole rings is 2. The van der Waals surface area contributed by atoms with E-state index in [-0.39, 0.29) is 5.91 Å². The van der Waals surface area contributed by atoms with E-state index >= 15 is 0 Å². The lowest BCUT2D eigenvalue weighted by atomic mass is 10.2. The maximum absolute atomic E-state index is 13.7. The maximum atomic E-state index is 13.7. The Kier molecular flexibility index (Phi) is 5.82. The highest BCUT2D eigenvalue weighted by atomic mass is 32.1. The molecule has 0 fully saturated rings. The normalized spacial score (nSPS) is 11.4. The molecule has 0 radical (unpaired) electrons. The number of carbonyl (C=O) groups is 1. The zero-order chi connectivity index (χ0) is 22.9. The molecule has 0 aliphatic carbocycles. The van der Waals surface area contributed by atoms with Crippen LogP contribution in [0.2, 0.25) is 0 Å². The molecule has 168 valence electrons. The van der Waals surface area contributed by atoms with Crippen LogP contribution in [0.3, 0.4) is 0 Å². The van der Waals surface area contributed by atoms with Crippen molar-refractivity contribution in [2.75, 3.05) is 18.1 Å². The van der Waals surface area contributed by atoms with Crippen molar-refractivity contribution in [3.63, 3.8) is 0 Å². The van der Waals surface area contributed by atoms with Crippen molar-refractivity contribution in [1.29, 1.82) is 0 Å². The number of hydrogen-bond acceptors (Lipinski definition) is 7. The molecule has 3 heterocycles. The monoisotopic (exact) mass is 477 g/mol. The number of anilines is 1. The molecule has 0 N–H and O–H groups in total. The smallest absolute Gasteiger partial charge is 0.260 e. The van der Waals surface area contributed by atoms with Crippen LogP contribution < -0.4 is 9.64 Å². The number of fused-ring (bicyclic) bond motifs is 2. The fourth-order valence-corrected chi connectivity index (χ4v) is 5.55. The molecule has 0 bridgehead atoms. The zero-order valence-corrected chi connectivity index (χ0v) is 20.2. The Morgan fingerprint density at radius 3 is 2.82 bits per heavy atom. The molecule has 0 saturated heterocycles. The highest BCUT2D eigenvalue weighted by Crippen LogP contribution is 2.35. The summed E-state index contributed by atoms with van der Waals surface area (Å²) >= 11 is 3.02. The molecule has 5 rings (SSSR count). The number of rotatable bonds is 7. The summed E-state index contributed by atoms with van der Waals surface area (Å²) < 4.78 is 9.67. The Labute approximate surface area is 199 Å². The number of para-hydroxylation sites is 1. The van der Waals surface area contributed by atoms with Gasteiger partial charge in [-0.2, -0.15) is 5.10 Å². The van der Waals surface area contributed by atoms with Crippen LogP contribution in [-0.2, 0) is 6.54 Å². The molecule has 9 heteroatoms. The third kappa shape index (κ3) is 4.21. The minimum atomic E-state index is -0.0937. The van der Waals surface area contributed by atoms with Gasteiger partial charge >= 0.3 is 0 Å². The van der Waals surface area contributed by atoms with Crippen LogP contribution in [0.4, 0.5) is 5.13 Å². The Morgan fingerprint density at radius 2 is 2.03 bits per heavy atom. The van der Waals surface area contributed by atoms with Gasteiger partial charge in [-0.1, -0.05) is 17.4 Å². The van der Waals surface area contributed by atoms with Gasteiger partial charge in [-0.15, -0.1) is 11.3 Å². The number of aryl methyl sites for hydroxylation is 2. The van der Waals surface area contributed by atoms with Gasteiger partial charge < -0.3 is 4.74 Å². The largest absolute Gasteiger partial charge is 0.492 e. The Bertz CT molecular complexity index is 1450. The summed E-state index contributed by atoms with van der Waals surface area (Å²) in [6.45, 7) is 7.52. The van der Waals surface area contributed by atoms with Crippen molar-refractivity contribution >= 4 is 54.1 Å². The average Bonchev–Trinajstić information content (AvgIpc) is 3.52. The van der Waals surface area contributed by atoms with Crippen LogP contribution in [0.25, 0.3) is 20.4 Å². The minimum Gasteiger partial charge on any atom is -0.492 e. The third-order valence-electron chi connectivity index (χ3n) is 5.36. The van der Waals surface area contributed by atoms with E-state index in [9.17, 15) is 4.79 Å². The minimum absolute atomic E-state index is 0.0937. The van der Waals surface area contributed by atoms with Crippen molar-refractivity contribution < 1.29 is 9.53 Å². The number of ether oxygens (including phenoxy) is 1. The molecule has 0 unspecified atom stereocenters. The molecule has 0 aliphatic rings. The first-order valence-corrected chi connectivity index (χ1v) is 12.4. The van der Waals surface area contributed by atoms with Crippen molar-refractivity contribution in [3.8, 4) is 5.75 Å². The SMILES string of the molecule is CCOc1cccc2sc(N(CCn3nc(C)cc3C)C(=O)c3ccc4ncsc4c3)nc12. The summed E-state index contributed by atoms with van der Waals surface area (Å²) in [6.07, 6.45) is 0. The number of nitrogens with zero attached hydrogens (tertiary/aromatic N) is 5.